The van der Waals surface area contributed by atoms with Crippen LogP contribution >= 0.6 is 0 Å². The van der Waals surface area contributed by atoms with Crippen LogP contribution in [0.2, 0.25) is 13.1 Å². The van der Waals surface area contributed by atoms with E-state index < -0.39 is 9.04 Å². The van der Waals surface area contributed by atoms with Crippen molar-refractivity contribution in [3.63, 3.8) is 0 Å². The summed E-state index contributed by atoms with van der Waals surface area (Å²) in [6.07, 6.45) is -0.103. The Bertz CT molecular complexity index is 107. The van der Waals surface area contributed by atoms with Crippen molar-refractivity contribution in [2.75, 3.05) is 6.61 Å². The van der Waals surface area contributed by atoms with E-state index in [1.807, 2.05) is 20.8 Å². The predicted octanol–water partition coefficient (Wildman–Crippen LogP) is 1.83. The lowest BCUT2D eigenvalue weighted by Gasteiger charge is -2.30. The van der Waals surface area contributed by atoms with Crippen molar-refractivity contribution in [3.05, 3.63) is 0 Å². The van der Waals surface area contributed by atoms with Gasteiger partial charge >= 0.3 is 0 Å². The minimum atomic E-state index is -1.05. The third kappa shape index (κ3) is 4.56. The van der Waals surface area contributed by atoms with Crippen LogP contribution in [-0.4, -0.2) is 21.8 Å². The van der Waals surface area contributed by atoms with Crippen molar-refractivity contribution in [3.8, 4) is 0 Å². The van der Waals surface area contributed by atoms with E-state index in [0.29, 0.717) is 0 Å². The molecule has 0 aliphatic heterocycles. The average Bonchev–Trinajstić information content (AvgIpc) is 1.79. The van der Waals surface area contributed by atoms with Gasteiger partial charge in [-0.05, 0) is 18.5 Å². The monoisotopic (exact) mass is 175 g/mol. The lowest BCUT2D eigenvalue weighted by Crippen LogP contribution is -2.35. The summed E-state index contributed by atoms with van der Waals surface area (Å²) in [6, 6.07) is 0. The van der Waals surface area contributed by atoms with E-state index in [-0.39, 0.29) is 18.1 Å². The molecular formula is C8H19O2Si. The molecule has 0 saturated heterocycles. The lowest BCUT2D eigenvalue weighted by molar-refractivity contribution is 0.00470. The van der Waals surface area contributed by atoms with Crippen molar-refractivity contribution < 1.29 is 9.53 Å². The summed E-state index contributed by atoms with van der Waals surface area (Å²) in [5.41, 5.74) is -0.000972. The molecule has 0 aliphatic rings. The van der Waals surface area contributed by atoms with Gasteiger partial charge < -0.3 is 4.43 Å². The van der Waals surface area contributed by atoms with Crippen LogP contribution in [0.5, 0.6) is 0 Å². The van der Waals surface area contributed by atoms with E-state index in [1.54, 1.807) is 0 Å². The molecule has 0 bridgehead atoms. The van der Waals surface area contributed by atoms with E-state index in [9.17, 15) is 5.11 Å². The summed E-state index contributed by atoms with van der Waals surface area (Å²) < 4.78 is 5.59. The number of hydrogen-bond donors (Lipinski definition) is 0. The molecule has 0 fully saturated rings. The summed E-state index contributed by atoms with van der Waals surface area (Å²) in [5, 5.41) is 10.7. The molecule has 0 aromatic carbocycles. The summed E-state index contributed by atoms with van der Waals surface area (Å²) in [4.78, 5) is 0. The van der Waals surface area contributed by atoms with Crippen molar-refractivity contribution >= 4 is 9.04 Å². The Balaban J connectivity index is 3.96. The zero-order valence-corrected chi connectivity index (χ0v) is 9.33. The third-order valence-corrected chi connectivity index (χ3v) is 2.43. The van der Waals surface area contributed by atoms with Crippen LogP contribution in [0.25, 0.3) is 0 Å². The zero-order chi connectivity index (χ0) is 9.07. The summed E-state index contributed by atoms with van der Waals surface area (Å²) in [5.74, 6) is 0. The second kappa shape index (κ2) is 4.23. The normalized spacial score (nSPS) is 15.5. The third-order valence-electron chi connectivity index (χ3n) is 1.55. The Morgan fingerprint density at radius 3 is 1.91 bits per heavy atom. The van der Waals surface area contributed by atoms with E-state index in [4.69, 9.17) is 4.43 Å². The molecule has 3 heteroatoms. The molecule has 0 rings (SSSR count). The highest BCUT2D eigenvalue weighted by Crippen LogP contribution is 2.22. The molecule has 0 aromatic heterocycles. The highest BCUT2D eigenvalue weighted by atomic mass is 28.3. The Hall–Kier alpha value is 0.137. The standard InChI is InChI=1S/C8H19O2Si/c1-8(2,3)7(6-9)10-11(4)5/h7,11H,6H2,1-5H3. The lowest BCUT2D eigenvalue weighted by atomic mass is 9.90. The predicted molar refractivity (Wildman–Crippen MR) is 48.8 cm³/mol. The van der Waals surface area contributed by atoms with Crippen molar-refractivity contribution in [2.45, 2.75) is 40.0 Å². The molecule has 0 N–H and O–H groups in total. The molecule has 0 spiro atoms. The average molecular weight is 175 g/mol. The second-order valence-electron chi connectivity index (χ2n) is 4.21. The van der Waals surface area contributed by atoms with E-state index in [2.05, 4.69) is 13.1 Å². The Morgan fingerprint density at radius 1 is 1.36 bits per heavy atom. The van der Waals surface area contributed by atoms with Gasteiger partial charge in [0.25, 0.3) is 0 Å². The quantitative estimate of drug-likeness (QED) is 0.602. The first-order chi connectivity index (χ1) is 4.88. The van der Waals surface area contributed by atoms with Crippen LogP contribution < -0.4 is 0 Å². The molecule has 0 saturated carbocycles. The van der Waals surface area contributed by atoms with Crippen LogP contribution in [0.3, 0.4) is 0 Å². The number of rotatable bonds is 3. The van der Waals surface area contributed by atoms with E-state index in [1.165, 1.54) is 0 Å². The van der Waals surface area contributed by atoms with Gasteiger partial charge in [-0.15, -0.1) is 0 Å². The summed E-state index contributed by atoms with van der Waals surface area (Å²) >= 11 is 0. The Labute approximate surface area is 71.3 Å². The number of hydrogen-bond acceptors (Lipinski definition) is 1. The molecule has 67 valence electrons. The minimum absolute atomic E-state index is 0.000972. The van der Waals surface area contributed by atoms with Crippen LogP contribution in [0, 0.1) is 5.41 Å². The van der Waals surface area contributed by atoms with Crippen LogP contribution in [-0.2, 0) is 9.53 Å². The Kier molecular flexibility index (Phi) is 4.29. The molecule has 1 atom stereocenters. The highest BCUT2D eigenvalue weighted by molar-refractivity contribution is 6.48. The van der Waals surface area contributed by atoms with Gasteiger partial charge in [-0.25, -0.2) is 5.11 Å². The highest BCUT2D eigenvalue weighted by Gasteiger charge is 2.25. The maximum Gasteiger partial charge on any atom is 0.171 e. The van der Waals surface area contributed by atoms with Crippen molar-refractivity contribution in [1.29, 1.82) is 0 Å². The van der Waals surface area contributed by atoms with E-state index in [0.717, 1.165) is 0 Å². The molecule has 2 nitrogen and oxygen atoms in total. The molecule has 11 heavy (non-hydrogen) atoms. The van der Waals surface area contributed by atoms with Crippen LogP contribution in [0.15, 0.2) is 0 Å². The SMILES string of the molecule is C[SiH](C)OC(C[O])C(C)(C)C. The van der Waals surface area contributed by atoms with Crippen LogP contribution in [0.1, 0.15) is 20.8 Å². The van der Waals surface area contributed by atoms with E-state index >= 15 is 0 Å². The molecule has 1 unspecified atom stereocenters. The van der Waals surface area contributed by atoms with Crippen LogP contribution in [0.4, 0.5) is 0 Å². The van der Waals surface area contributed by atoms with Gasteiger partial charge in [0.2, 0.25) is 0 Å². The molecule has 1 radical (unpaired) electrons. The van der Waals surface area contributed by atoms with Crippen molar-refractivity contribution in [1.82, 2.24) is 0 Å². The Morgan fingerprint density at radius 2 is 1.82 bits per heavy atom. The smallest absolute Gasteiger partial charge is 0.171 e. The van der Waals surface area contributed by atoms with Gasteiger partial charge in [-0.3, -0.25) is 0 Å². The molecule has 0 aliphatic carbocycles. The molecule has 0 aromatic rings. The first kappa shape index (κ1) is 11.1. The first-order valence-electron chi connectivity index (χ1n) is 4.11. The fraction of sp³-hybridized carbons (Fsp3) is 1.00. The van der Waals surface area contributed by atoms with Gasteiger partial charge in [0, 0.05) is 0 Å². The first-order valence-corrected chi connectivity index (χ1v) is 6.89. The van der Waals surface area contributed by atoms with Crippen molar-refractivity contribution in [2.24, 2.45) is 5.41 Å². The summed E-state index contributed by atoms with van der Waals surface area (Å²) in [7, 11) is -1.05. The fourth-order valence-electron chi connectivity index (χ4n) is 0.822. The molecule has 0 heterocycles. The minimum Gasteiger partial charge on any atom is -0.415 e. The van der Waals surface area contributed by atoms with Gasteiger partial charge in [-0.2, -0.15) is 0 Å². The molecule has 0 amide bonds. The van der Waals surface area contributed by atoms with Gasteiger partial charge in [0.1, 0.15) is 6.61 Å². The fourth-order valence-corrected chi connectivity index (χ4v) is 1.97. The maximum atomic E-state index is 10.7. The maximum absolute atomic E-state index is 10.7. The second-order valence-corrected chi connectivity index (χ2v) is 6.58. The van der Waals surface area contributed by atoms with Gasteiger partial charge in [0.15, 0.2) is 9.04 Å². The largest absolute Gasteiger partial charge is 0.415 e. The topological polar surface area (TPSA) is 29.1 Å². The van der Waals surface area contributed by atoms with Gasteiger partial charge in [0.05, 0.1) is 6.10 Å². The van der Waals surface area contributed by atoms with Gasteiger partial charge in [-0.1, -0.05) is 20.8 Å². The molecular weight excluding hydrogens is 156 g/mol. The zero-order valence-electron chi connectivity index (χ0n) is 8.18. The summed E-state index contributed by atoms with van der Waals surface area (Å²) in [6.45, 7) is 10.2.